The van der Waals surface area contributed by atoms with Crippen molar-refractivity contribution in [3.63, 3.8) is 0 Å². The van der Waals surface area contributed by atoms with Gasteiger partial charge in [-0.05, 0) is 6.92 Å². The average Bonchev–Trinajstić information content (AvgIpc) is 2.34. The molecule has 6 heteroatoms. The van der Waals surface area contributed by atoms with Gasteiger partial charge in [-0.1, -0.05) is 0 Å². The maximum absolute atomic E-state index is 10.6. The van der Waals surface area contributed by atoms with E-state index in [9.17, 15) is 9.59 Å². The number of H-pyrrole nitrogens is 2. The monoisotopic (exact) mass is 170 g/mol. The van der Waals surface area contributed by atoms with Crippen molar-refractivity contribution in [3.8, 4) is 0 Å². The van der Waals surface area contributed by atoms with Crippen LogP contribution in [-0.4, -0.2) is 21.1 Å². The van der Waals surface area contributed by atoms with Crippen LogP contribution in [0.4, 0.5) is 0 Å². The summed E-state index contributed by atoms with van der Waals surface area (Å²) in [6.07, 6.45) is 0. The van der Waals surface area contributed by atoms with Gasteiger partial charge in [0.1, 0.15) is 0 Å². The summed E-state index contributed by atoms with van der Waals surface area (Å²) in [5.74, 6) is 0.265. The minimum atomic E-state index is -0.373. The van der Waals surface area contributed by atoms with Crippen LogP contribution in [-0.2, 0) is 4.79 Å². The van der Waals surface area contributed by atoms with Gasteiger partial charge in [-0.3, -0.25) is 9.78 Å². The highest BCUT2D eigenvalue weighted by Gasteiger charge is 2.09. The second-order valence-corrected chi connectivity index (χ2v) is 2.49. The van der Waals surface area contributed by atoms with Crippen molar-refractivity contribution in [2.24, 2.45) is 0 Å². The van der Waals surface area contributed by atoms with Crippen LogP contribution in [0, 0.1) is 0 Å². The second kappa shape index (κ2) is 3.21. The molecule has 1 aromatic rings. The van der Waals surface area contributed by atoms with Gasteiger partial charge in [0, 0.05) is 6.92 Å². The molecule has 0 bridgehead atoms. The molecule has 3 N–H and O–H groups in total. The number of aromatic amines is 2. The molecule has 1 atom stereocenters. The van der Waals surface area contributed by atoms with Crippen molar-refractivity contribution in [2.75, 3.05) is 0 Å². The Bertz CT molecular complexity index is 326. The summed E-state index contributed by atoms with van der Waals surface area (Å²) < 4.78 is 0. The minimum absolute atomic E-state index is 0.161. The lowest BCUT2D eigenvalue weighted by molar-refractivity contribution is -0.119. The molecular weight excluding hydrogens is 160 g/mol. The van der Waals surface area contributed by atoms with Gasteiger partial charge in [0.2, 0.25) is 5.91 Å². The largest absolute Gasteiger partial charge is 0.347 e. The molecule has 0 spiro atoms. The Balaban J connectivity index is 2.71. The number of nitrogens with zero attached hydrogens (tertiary/aromatic N) is 1. The summed E-state index contributed by atoms with van der Waals surface area (Å²) in [7, 11) is 0. The third-order valence-corrected chi connectivity index (χ3v) is 1.35. The Labute approximate surface area is 68.4 Å². The number of carbonyl (C=O) groups is 1. The van der Waals surface area contributed by atoms with Crippen LogP contribution >= 0.6 is 0 Å². The van der Waals surface area contributed by atoms with Crippen LogP contribution in [0.3, 0.4) is 0 Å². The molecule has 1 aromatic heterocycles. The standard InChI is InChI=1S/C6H10N4O2/c1-3(7-4(2)11)5-8-6(12)10-9-5/h3H,1-2H3,(H,7,11)(H2,8,9,10,12). The van der Waals surface area contributed by atoms with Crippen LogP contribution in [0.5, 0.6) is 0 Å². The van der Waals surface area contributed by atoms with Crippen molar-refractivity contribution in [1.29, 1.82) is 0 Å². The predicted octanol–water partition coefficient (Wildman–Crippen LogP) is -0.705. The van der Waals surface area contributed by atoms with E-state index in [1.54, 1.807) is 6.92 Å². The normalized spacial score (nSPS) is 12.5. The lowest BCUT2D eigenvalue weighted by Crippen LogP contribution is -2.24. The third kappa shape index (κ3) is 1.94. The van der Waals surface area contributed by atoms with Crippen LogP contribution in [0.15, 0.2) is 4.79 Å². The Hall–Kier alpha value is -1.59. The quantitative estimate of drug-likeness (QED) is 0.547. The number of aromatic nitrogens is 3. The zero-order valence-electron chi connectivity index (χ0n) is 6.84. The summed E-state index contributed by atoms with van der Waals surface area (Å²) in [5.41, 5.74) is -0.373. The number of hydrogen-bond donors (Lipinski definition) is 3. The van der Waals surface area contributed by atoms with E-state index in [0.717, 1.165) is 0 Å². The van der Waals surface area contributed by atoms with Gasteiger partial charge in [0.25, 0.3) is 0 Å². The molecule has 1 unspecified atom stereocenters. The van der Waals surface area contributed by atoms with E-state index in [2.05, 4.69) is 20.5 Å². The molecule has 0 aromatic carbocycles. The summed E-state index contributed by atoms with van der Waals surface area (Å²) >= 11 is 0. The van der Waals surface area contributed by atoms with E-state index < -0.39 is 0 Å². The molecule has 12 heavy (non-hydrogen) atoms. The van der Waals surface area contributed by atoms with Crippen molar-refractivity contribution >= 4 is 5.91 Å². The molecule has 0 aliphatic heterocycles. The molecule has 0 fully saturated rings. The molecule has 0 saturated carbocycles. The first-order chi connectivity index (χ1) is 5.59. The summed E-state index contributed by atoms with van der Waals surface area (Å²) in [6.45, 7) is 3.13. The topological polar surface area (TPSA) is 90.6 Å². The van der Waals surface area contributed by atoms with Crippen molar-refractivity contribution in [3.05, 3.63) is 16.3 Å². The van der Waals surface area contributed by atoms with Crippen LogP contribution < -0.4 is 11.0 Å². The van der Waals surface area contributed by atoms with Gasteiger partial charge in [0.05, 0.1) is 6.04 Å². The van der Waals surface area contributed by atoms with Gasteiger partial charge in [-0.15, -0.1) is 0 Å². The van der Waals surface area contributed by atoms with E-state index in [0.29, 0.717) is 5.82 Å². The van der Waals surface area contributed by atoms with Crippen LogP contribution in [0.1, 0.15) is 25.7 Å². The number of nitrogens with one attached hydrogen (secondary N) is 3. The molecule has 1 rings (SSSR count). The maximum atomic E-state index is 10.6. The lowest BCUT2D eigenvalue weighted by atomic mass is 10.3. The zero-order valence-corrected chi connectivity index (χ0v) is 6.84. The summed E-state index contributed by atoms with van der Waals surface area (Å²) in [4.78, 5) is 23.6. The van der Waals surface area contributed by atoms with Crippen LogP contribution in [0.25, 0.3) is 0 Å². The molecule has 0 aliphatic carbocycles. The number of amides is 1. The Morgan fingerprint density at radius 3 is 2.75 bits per heavy atom. The second-order valence-electron chi connectivity index (χ2n) is 2.49. The smallest absolute Gasteiger partial charge is 0.340 e. The van der Waals surface area contributed by atoms with Crippen LogP contribution in [0.2, 0.25) is 0 Å². The van der Waals surface area contributed by atoms with E-state index in [1.165, 1.54) is 6.92 Å². The fraction of sp³-hybridized carbons (Fsp3) is 0.500. The molecule has 0 radical (unpaired) electrons. The first kappa shape index (κ1) is 8.51. The molecule has 66 valence electrons. The van der Waals surface area contributed by atoms with E-state index >= 15 is 0 Å². The van der Waals surface area contributed by atoms with E-state index in [4.69, 9.17) is 0 Å². The van der Waals surface area contributed by atoms with Gasteiger partial charge in [0.15, 0.2) is 5.82 Å². The number of rotatable bonds is 2. The average molecular weight is 170 g/mol. The summed E-state index contributed by atoms with van der Waals surface area (Å²) in [6, 6.07) is -0.276. The Morgan fingerprint density at radius 2 is 2.33 bits per heavy atom. The fourth-order valence-electron chi connectivity index (χ4n) is 0.862. The van der Waals surface area contributed by atoms with Crippen molar-refractivity contribution < 1.29 is 4.79 Å². The van der Waals surface area contributed by atoms with Crippen molar-refractivity contribution in [2.45, 2.75) is 19.9 Å². The lowest BCUT2D eigenvalue weighted by Gasteiger charge is -2.07. The highest BCUT2D eigenvalue weighted by molar-refractivity contribution is 5.73. The SMILES string of the molecule is CC(=O)NC(C)c1n[nH]c(=O)[nH]1. The zero-order chi connectivity index (χ0) is 9.14. The molecule has 0 aliphatic rings. The molecular formula is C6H10N4O2. The highest BCUT2D eigenvalue weighted by atomic mass is 16.2. The van der Waals surface area contributed by atoms with Gasteiger partial charge in [-0.25, -0.2) is 9.89 Å². The minimum Gasteiger partial charge on any atom is -0.347 e. The molecule has 0 saturated heterocycles. The third-order valence-electron chi connectivity index (χ3n) is 1.35. The van der Waals surface area contributed by atoms with Gasteiger partial charge < -0.3 is 5.32 Å². The number of hydrogen-bond acceptors (Lipinski definition) is 3. The fourth-order valence-corrected chi connectivity index (χ4v) is 0.862. The molecule has 6 nitrogen and oxygen atoms in total. The maximum Gasteiger partial charge on any atom is 0.340 e. The first-order valence-corrected chi connectivity index (χ1v) is 3.51. The first-order valence-electron chi connectivity index (χ1n) is 3.51. The highest BCUT2D eigenvalue weighted by Crippen LogP contribution is 2.01. The molecule has 1 heterocycles. The predicted molar refractivity (Wildman–Crippen MR) is 41.4 cm³/mol. The van der Waals surface area contributed by atoms with E-state index in [1.807, 2.05) is 0 Å². The number of carbonyl (C=O) groups excluding carboxylic acids is 1. The molecule has 1 amide bonds. The Morgan fingerprint density at radius 1 is 1.67 bits per heavy atom. The van der Waals surface area contributed by atoms with Crippen molar-refractivity contribution in [1.82, 2.24) is 20.5 Å². The van der Waals surface area contributed by atoms with E-state index in [-0.39, 0.29) is 17.6 Å². The summed E-state index contributed by atoms with van der Waals surface area (Å²) in [5, 5.41) is 8.45. The van der Waals surface area contributed by atoms with Gasteiger partial charge in [-0.2, -0.15) is 5.10 Å². The van der Waals surface area contributed by atoms with Gasteiger partial charge >= 0.3 is 5.69 Å². The Kier molecular flexibility index (Phi) is 2.27.